The minimum atomic E-state index is -0.493. The van der Waals surface area contributed by atoms with Crippen molar-refractivity contribution in [3.8, 4) is 0 Å². The third-order valence-electron chi connectivity index (χ3n) is 7.12. The van der Waals surface area contributed by atoms with Crippen molar-refractivity contribution >= 4 is 57.0 Å². The highest BCUT2D eigenvalue weighted by atomic mass is 16.7. The lowest BCUT2D eigenvalue weighted by Crippen LogP contribution is -2.12. The van der Waals surface area contributed by atoms with Crippen LogP contribution in [-0.2, 0) is 19.3 Å². The number of ketones is 1. The summed E-state index contributed by atoms with van der Waals surface area (Å²) in [7, 11) is 0. The van der Waals surface area contributed by atoms with Crippen LogP contribution < -0.4 is 4.90 Å². The summed E-state index contributed by atoms with van der Waals surface area (Å²) < 4.78 is 0. The predicted molar refractivity (Wildman–Crippen MR) is 176 cm³/mol. The molecule has 0 aromatic heterocycles. The third kappa shape index (κ3) is 7.02. The number of hydrogen-bond acceptors (Lipinski definition) is 8. The number of anilines is 3. The molecule has 0 aliphatic heterocycles. The van der Waals surface area contributed by atoms with Crippen LogP contribution in [0, 0.1) is 0 Å². The van der Waals surface area contributed by atoms with Crippen LogP contribution in [0.2, 0.25) is 0 Å². The van der Waals surface area contributed by atoms with Crippen LogP contribution in [0.3, 0.4) is 0 Å². The lowest BCUT2D eigenvalue weighted by Gasteiger charge is -2.27. The number of nitrogens with zero attached hydrogens (tertiary/aromatic N) is 3. The predicted octanol–water partition coefficient (Wildman–Crippen LogP) is 8.11. The average molecular weight is 598 g/mol. The summed E-state index contributed by atoms with van der Waals surface area (Å²) in [6.07, 6.45) is 0. The second-order valence-electron chi connectivity index (χ2n) is 10.3. The van der Waals surface area contributed by atoms with Crippen LogP contribution in [-0.4, -0.2) is 29.1 Å². The number of hydrogen-bond donors (Lipinski definition) is 0. The maximum atomic E-state index is 13.1. The van der Waals surface area contributed by atoms with Gasteiger partial charge >= 0.3 is 11.9 Å². The van der Waals surface area contributed by atoms with Crippen molar-refractivity contribution in [3.05, 3.63) is 138 Å². The first-order valence-corrected chi connectivity index (χ1v) is 14.3. The lowest BCUT2D eigenvalue weighted by molar-refractivity contribution is -0.141. The second kappa shape index (κ2) is 13.6. The van der Waals surface area contributed by atoms with Crippen LogP contribution in [0.4, 0.5) is 17.1 Å². The molecule has 0 fully saturated rings. The largest absolute Gasteiger partial charge is 0.331 e. The van der Waals surface area contributed by atoms with Gasteiger partial charge in [-0.15, -0.1) is 0 Å². The highest BCUT2D eigenvalue weighted by Crippen LogP contribution is 2.40. The Bertz CT molecular complexity index is 1930. The molecule has 8 nitrogen and oxygen atoms in total. The highest BCUT2D eigenvalue weighted by Gasteiger charge is 2.19. The quantitative estimate of drug-likeness (QED) is 0.0737. The molecular formula is C37H31N3O5. The van der Waals surface area contributed by atoms with Crippen molar-refractivity contribution in [3.63, 3.8) is 0 Å². The molecule has 0 aliphatic rings. The average Bonchev–Trinajstić information content (AvgIpc) is 3.07. The zero-order chi connectivity index (χ0) is 31.9. The molecule has 0 N–H and O–H groups in total. The maximum Gasteiger partial charge on any atom is 0.331 e. The number of rotatable bonds is 9. The normalized spacial score (nSPS) is 11.6. The first kappa shape index (κ1) is 30.6. The fraction of sp³-hybridized carbons (Fsp3) is 0.108. The molecule has 5 aromatic carbocycles. The number of carbonyl (C=O) groups is 3. The topological polar surface area (TPSA) is 97.6 Å². The van der Waals surface area contributed by atoms with Gasteiger partial charge in [0.2, 0.25) is 0 Å². The fourth-order valence-electron chi connectivity index (χ4n) is 4.96. The Morgan fingerprint density at radius 2 is 1.00 bits per heavy atom. The molecule has 45 heavy (non-hydrogen) atoms. The van der Waals surface area contributed by atoms with E-state index in [1.54, 1.807) is 26.0 Å². The SMILES string of the molecule is CC(=O)O/N=C(/C)c1ccc(N(c2ccc(C(=O)c3ccccc3)cc2)c2ccc(/C(C)=N\OC(C)=O)c3ccccc23)cc1. The third-order valence-corrected chi connectivity index (χ3v) is 7.12. The van der Waals surface area contributed by atoms with Gasteiger partial charge in [0.15, 0.2) is 5.78 Å². The van der Waals surface area contributed by atoms with Crippen molar-refractivity contribution in [2.45, 2.75) is 27.7 Å². The summed E-state index contributed by atoms with van der Waals surface area (Å²) in [6.45, 7) is 6.17. The van der Waals surface area contributed by atoms with Gasteiger partial charge in [-0.25, -0.2) is 9.59 Å². The van der Waals surface area contributed by atoms with E-state index >= 15 is 0 Å². The Morgan fingerprint density at radius 3 is 1.58 bits per heavy atom. The van der Waals surface area contributed by atoms with Gasteiger partial charge < -0.3 is 14.6 Å². The smallest absolute Gasteiger partial charge is 0.318 e. The molecule has 0 saturated heterocycles. The molecule has 0 bridgehead atoms. The van der Waals surface area contributed by atoms with Crippen LogP contribution in [0.15, 0.2) is 126 Å². The molecule has 0 spiro atoms. The number of oxime groups is 2. The van der Waals surface area contributed by atoms with Gasteiger partial charge in [-0.1, -0.05) is 83.1 Å². The minimum absolute atomic E-state index is 0.0575. The van der Waals surface area contributed by atoms with E-state index < -0.39 is 11.9 Å². The van der Waals surface area contributed by atoms with Crippen LogP contribution in [0.1, 0.15) is 54.7 Å². The molecule has 0 heterocycles. The molecule has 0 aliphatic carbocycles. The summed E-state index contributed by atoms with van der Waals surface area (Å²) in [6, 6.07) is 36.3. The number of fused-ring (bicyclic) bond motifs is 1. The van der Waals surface area contributed by atoms with Crippen molar-refractivity contribution < 1.29 is 24.1 Å². The van der Waals surface area contributed by atoms with E-state index in [0.717, 1.165) is 39.0 Å². The summed E-state index contributed by atoms with van der Waals surface area (Å²) in [4.78, 5) is 47.6. The summed E-state index contributed by atoms with van der Waals surface area (Å²) in [5.41, 5.74) is 6.51. The molecular weight excluding hydrogens is 566 g/mol. The lowest BCUT2D eigenvalue weighted by atomic mass is 9.98. The highest BCUT2D eigenvalue weighted by molar-refractivity contribution is 6.14. The Kier molecular flexibility index (Phi) is 9.24. The van der Waals surface area contributed by atoms with Crippen molar-refractivity contribution in [1.29, 1.82) is 0 Å². The van der Waals surface area contributed by atoms with E-state index in [1.807, 2.05) is 103 Å². The van der Waals surface area contributed by atoms with Gasteiger partial charge in [0, 0.05) is 47.3 Å². The Hall–Kier alpha value is -5.89. The van der Waals surface area contributed by atoms with Crippen LogP contribution in [0.5, 0.6) is 0 Å². The van der Waals surface area contributed by atoms with E-state index in [0.29, 0.717) is 22.6 Å². The molecule has 8 heteroatoms. The Balaban J connectivity index is 1.62. The minimum Gasteiger partial charge on any atom is -0.318 e. The number of benzene rings is 5. The first-order valence-electron chi connectivity index (χ1n) is 14.3. The standard InChI is InChI=1S/C37H31N3O5/c1-24(38-44-26(3)41)28-14-18-31(19-15-28)40(32-20-16-30(17-21-32)37(43)29-10-6-5-7-11-29)36-23-22-33(25(2)39-45-27(4)42)34-12-8-9-13-35(34)36/h5-23H,1-4H3/b38-24-,39-25-. The summed E-state index contributed by atoms with van der Waals surface area (Å²) in [5.74, 6) is -1.04. The van der Waals surface area contributed by atoms with Crippen molar-refractivity contribution in [1.82, 2.24) is 0 Å². The molecule has 0 atom stereocenters. The zero-order valence-electron chi connectivity index (χ0n) is 25.4. The summed E-state index contributed by atoms with van der Waals surface area (Å²) >= 11 is 0. The van der Waals surface area contributed by atoms with E-state index in [2.05, 4.69) is 15.2 Å². The van der Waals surface area contributed by atoms with Crippen molar-refractivity contribution in [2.75, 3.05) is 4.90 Å². The fourth-order valence-corrected chi connectivity index (χ4v) is 4.96. The molecule has 224 valence electrons. The maximum absolute atomic E-state index is 13.1. The molecule has 0 amide bonds. The van der Waals surface area contributed by atoms with Gasteiger partial charge in [-0.3, -0.25) is 4.79 Å². The molecule has 0 saturated carbocycles. The second-order valence-corrected chi connectivity index (χ2v) is 10.3. The van der Waals surface area contributed by atoms with Crippen molar-refractivity contribution in [2.24, 2.45) is 10.3 Å². The van der Waals surface area contributed by atoms with Gasteiger partial charge in [-0.05, 0) is 67.3 Å². The van der Waals surface area contributed by atoms with E-state index in [9.17, 15) is 14.4 Å². The first-order chi connectivity index (χ1) is 21.7. The molecule has 0 unspecified atom stereocenters. The van der Waals surface area contributed by atoms with Gasteiger partial charge in [0.05, 0.1) is 17.1 Å². The van der Waals surface area contributed by atoms with Gasteiger partial charge in [-0.2, -0.15) is 0 Å². The van der Waals surface area contributed by atoms with Gasteiger partial charge in [0.25, 0.3) is 0 Å². The van der Waals surface area contributed by atoms with Gasteiger partial charge in [0.1, 0.15) is 0 Å². The van der Waals surface area contributed by atoms with E-state index in [1.165, 1.54) is 13.8 Å². The van der Waals surface area contributed by atoms with E-state index in [4.69, 9.17) is 9.68 Å². The van der Waals surface area contributed by atoms with Crippen LogP contribution >= 0.6 is 0 Å². The van der Waals surface area contributed by atoms with E-state index in [-0.39, 0.29) is 5.78 Å². The molecule has 5 rings (SSSR count). The monoisotopic (exact) mass is 597 g/mol. The molecule has 0 radical (unpaired) electrons. The zero-order valence-corrected chi connectivity index (χ0v) is 25.4. The number of carbonyl (C=O) groups excluding carboxylic acids is 3. The Labute approximate surface area is 261 Å². The van der Waals surface area contributed by atoms with Crippen LogP contribution in [0.25, 0.3) is 10.8 Å². The Morgan fingerprint density at radius 1 is 0.511 bits per heavy atom. The molecule has 5 aromatic rings. The summed E-state index contributed by atoms with van der Waals surface area (Å²) in [5, 5.41) is 9.79.